The van der Waals surface area contributed by atoms with E-state index in [2.05, 4.69) is 9.97 Å². The first-order valence-corrected chi connectivity index (χ1v) is 12.9. The highest BCUT2D eigenvalue weighted by atomic mass is 35.5. The van der Waals surface area contributed by atoms with E-state index in [0.717, 1.165) is 25.7 Å². The highest BCUT2D eigenvalue weighted by molar-refractivity contribution is 7.90. The summed E-state index contributed by atoms with van der Waals surface area (Å²) < 4.78 is 27.7. The summed E-state index contributed by atoms with van der Waals surface area (Å²) >= 11 is 7.57. The third-order valence-corrected chi connectivity index (χ3v) is 8.66. The van der Waals surface area contributed by atoms with Gasteiger partial charge < -0.3 is 10.7 Å². The molecular formula is C23H20ClN5O2S2. The van der Waals surface area contributed by atoms with E-state index >= 15 is 0 Å². The molecule has 0 bridgehead atoms. The van der Waals surface area contributed by atoms with Gasteiger partial charge in [-0.2, -0.15) is 0 Å². The van der Waals surface area contributed by atoms with E-state index in [-0.39, 0.29) is 5.95 Å². The number of halogens is 1. The molecule has 0 aliphatic rings. The van der Waals surface area contributed by atoms with Gasteiger partial charge in [0.2, 0.25) is 16.0 Å². The number of nitrogens with zero attached hydrogens (tertiary/aromatic N) is 3. The Morgan fingerprint density at radius 1 is 1.03 bits per heavy atom. The van der Waals surface area contributed by atoms with E-state index in [0.29, 0.717) is 26.9 Å². The van der Waals surface area contributed by atoms with Gasteiger partial charge in [0.15, 0.2) is 0 Å². The molecule has 0 radical (unpaired) electrons. The normalized spacial score (nSPS) is 12.1. The maximum Gasteiger partial charge on any atom is 0.244 e. The zero-order valence-electron chi connectivity index (χ0n) is 17.8. The Kier molecular flexibility index (Phi) is 5.27. The van der Waals surface area contributed by atoms with Crippen LogP contribution in [0.25, 0.3) is 44.2 Å². The molecule has 0 saturated heterocycles. The fourth-order valence-corrected chi connectivity index (χ4v) is 5.78. The van der Waals surface area contributed by atoms with Crippen molar-refractivity contribution in [2.24, 2.45) is 0 Å². The summed E-state index contributed by atoms with van der Waals surface area (Å²) in [4.78, 5) is 13.4. The fraction of sp³-hybridized carbons (Fsp3) is 0.130. The van der Waals surface area contributed by atoms with E-state index in [1.54, 1.807) is 26.0 Å². The maximum atomic E-state index is 13.0. The van der Waals surface area contributed by atoms with Gasteiger partial charge in [0, 0.05) is 11.1 Å². The lowest BCUT2D eigenvalue weighted by Crippen LogP contribution is -2.23. The lowest BCUT2D eigenvalue weighted by Gasteiger charge is -2.11. The Morgan fingerprint density at radius 2 is 1.79 bits per heavy atom. The van der Waals surface area contributed by atoms with Crippen LogP contribution in [-0.4, -0.2) is 32.6 Å². The van der Waals surface area contributed by atoms with Crippen LogP contribution in [0, 0.1) is 0 Å². The summed E-state index contributed by atoms with van der Waals surface area (Å²) in [6.45, 7) is 3.23. The minimum absolute atomic E-state index is 0.0601. The standard InChI is InChI=1S/C23H20ClN5O2S2/c1-13(2)33(30,31)29-17-12-15(8-9-16(17)26-23(29)25)21-20(14-6-4-3-5-7-14)27-22(28-21)18-10-11-19(24)32-18/h3-13H,1-2H3,(H2,25,26)(H,27,28). The molecule has 2 aromatic carbocycles. The monoisotopic (exact) mass is 497 g/mol. The smallest absolute Gasteiger partial charge is 0.244 e. The lowest BCUT2D eigenvalue weighted by molar-refractivity contribution is 0.580. The van der Waals surface area contributed by atoms with Crippen LogP contribution in [0.2, 0.25) is 4.34 Å². The molecule has 5 aromatic rings. The number of anilines is 1. The molecule has 3 heterocycles. The summed E-state index contributed by atoms with van der Waals surface area (Å²) in [5.74, 6) is 0.624. The second-order valence-corrected chi connectivity index (χ2v) is 11.9. The first kappa shape index (κ1) is 21.7. The van der Waals surface area contributed by atoms with E-state index in [9.17, 15) is 8.42 Å². The molecule has 0 spiro atoms. The molecule has 3 N–H and O–H groups in total. The molecule has 0 amide bonds. The van der Waals surface area contributed by atoms with Crippen LogP contribution in [0.4, 0.5) is 5.95 Å². The fourth-order valence-electron chi connectivity index (χ4n) is 3.65. The van der Waals surface area contributed by atoms with E-state index < -0.39 is 15.3 Å². The van der Waals surface area contributed by atoms with Crippen LogP contribution >= 0.6 is 22.9 Å². The second kappa shape index (κ2) is 8.02. The number of aromatic amines is 1. The third kappa shape index (κ3) is 3.72. The molecule has 3 aromatic heterocycles. The van der Waals surface area contributed by atoms with Crippen molar-refractivity contribution < 1.29 is 8.42 Å². The van der Waals surface area contributed by atoms with Gasteiger partial charge in [-0.1, -0.05) is 48.0 Å². The molecule has 0 saturated carbocycles. The third-order valence-electron chi connectivity index (χ3n) is 5.33. The number of hydrogen-bond donors (Lipinski definition) is 2. The SMILES string of the molecule is CC(C)S(=O)(=O)n1c(N)nc2ccc(-c3nc(-c4ccc(Cl)s4)[nH]c3-c3ccccc3)cc21. The Balaban J connectivity index is 1.75. The minimum atomic E-state index is -3.70. The molecule has 10 heteroatoms. The van der Waals surface area contributed by atoms with Crippen LogP contribution in [0.1, 0.15) is 13.8 Å². The van der Waals surface area contributed by atoms with Crippen molar-refractivity contribution in [2.45, 2.75) is 19.1 Å². The number of nitrogen functional groups attached to an aromatic ring is 1. The Bertz CT molecular complexity index is 1580. The average molecular weight is 498 g/mol. The summed E-state index contributed by atoms with van der Waals surface area (Å²) in [7, 11) is -3.70. The van der Waals surface area contributed by atoms with Crippen molar-refractivity contribution in [3.63, 3.8) is 0 Å². The molecule has 0 fully saturated rings. The summed E-state index contributed by atoms with van der Waals surface area (Å²) in [6.07, 6.45) is 0. The largest absolute Gasteiger partial charge is 0.368 e. The molecule has 5 rings (SSSR count). The van der Waals surface area contributed by atoms with Crippen molar-refractivity contribution in [3.05, 3.63) is 65.0 Å². The molecule has 168 valence electrons. The van der Waals surface area contributed by atoms with Crippen LogP contribution in [0.3, 0.4) is 0 Å². The Labute approximate surface area is 199 Å². The number of nitrogens with one attached hydrogen (secondary N) is 1. The Hall–Kier alpha value is -3.14. The Morgan fingerprint density at radius 3 is 2.45 bits per heavy atom. The number of nitrogens with two attached hydrogens (primary N) is 1. The number of fused-ring (bicyclic) bond motifs is 1. The molecule has 0 atom stereocenters. The van der Waals surface area contributed by atoms with Gasteiger partial charge in [0.1, 0.15) is 5.82 Å². The van der Waals surface area contributed by atoms with Crippen LogP contribution in [-0.2, 0) is 10.0 Å². The quantitative estimate of drug-likeness (QED) is 0.326. The molecular weight excluding hydrogens is 478 g/mol. The zero-order valence-corrected chi connectivity index (χ0v) is 20.2. The summed E-state index contributed by atoms with van der Waals surface area (Å²) in [5.41, 5.74) is 10.1. The highest BCUT2D eigenvalue weighted by Gasteiger charge is 2.25. The number of imidazole rings is 2. The second-order valence-electron chi connectivity index (χ2n) is 7.81. The van der Waals surface area contributed by atoms with Crippen molar-refractivity contribution in [1.29, 1.82) is 0 Å². The van der Waals surface area contributed by atoms with Crippen molar-refractivity contribution >= 4 is 49.9 Å². The number of hydrogen-bond acceptors (Lipinski definition) is 6. The maximum absolute atomic E-state index is 13.0. The number of rotatable bonds is 5. The van der Waals surface area contributed by atoms with Gasteiger partial charge >= 0.3 is 0 Å². The van der Waals surface area contributed by atoms with Crippen LogP contribution < -0.4 is 5.73 Å². The van der Waals surface area contributed by atoms with Crippen LogP contribution in [0.5, 0.6) is 0 Å². The van der Waals surface area contributed by atoms with Gasteiger partial charge in [-0.3, -0.25) is 0 Å². The first-order valence-electron chi connectivity index (χ1n) is 10.2. The number of benzene rings is 2. The van der Waals surface area contributed by atoms with E-state index in [1.165, 1.54) is 11.3 Å². The van der Waals surface area contributed by atoms with Crippen molar-refractivity contribution in [1.82, 2.24) is 18.9 Å². The summed E-state index contributed by atoms with van der Waals surface area (Å²) in [5, 5.41) is -0.652. The molecule has 0 aliphatic heterocycles. The van der Waals surface area contributed by atoms with E-state index in [1.807, 2.05) is 48.5 Å². The number of H-pyrrole nitrogens is 1. The lowest BCUT2D eigenvalue weighted by atomic mass is 10.0. The van der Waals surface area contributed by atoms with Gasteiger partial charge in [-0.25, -0.2) is 22.4 Å². The van der Waals surface area contributed by atoms with Gasteiger partial charge in [0.05, 0.1) is 36.9 Å². The van der Waals surface area contributed by atoms with Crippen LogP contribution in [0.15, 0.2) is 60.7 Å². The molecule has 7 nitrogen and oxygen atoms in total. The highest BCUT2D eigenvalue weighted by Crippen LogP contribution is 2.37. The average Bonchev–Trinajstić information content (AvgIpc) is 3.49. The summed E-state index contributed by atoms with van der Waals surface area (Å²) in [6, 6.07) is 19.0. The zero-order chi connectivity index (χ0) is 23.3. The molecule has 33 heavy (non-hydrogen) atoms. The topological polar surface area (TPSA) is 107 Å². The number of aromatic nitrogens is 4. The first-order chi connectivity index (χ1) is 15.8. The van der Waals surface area contributed by atoms with Gasteiger partial charge in [0.25, 0.3) is 0 Å². The predicted molar refractivity (Wildman–Crippen MR) is 135 cm³/mol. The van der Waals surface area contributed by atoms with Crippen molar-refractivity contribution in [2.75, 3.05) is 5.73 Å². The van der Waals surface area contributed by atoms with E-state index in [4.69, 9.17) is 22.3 Å². The molecule has 0 aliphatic carbocycles. The van der Waals surface area contributed by atoms with Gasteiger partial charge in [-0.15, -0.1) is 11.3 Å². The number of thiophene rings is 1. The minimum Gasteiger partial charge on any atom is -0.368 e. The van der Waals surface area contributed by atoms with Crippen molar-refractivity contribution in [3.8, 4) is 33.2 Å². The van der Waals surface area contributed by atoms with Gasteiger partial charge in [-0.05, 0) is 38.1 Å². The predicted octanol–water partition coefficient (Wildman–Crippen LogP) is 5.64. The molecule has 0 unspecified atom stereocenters.